The molecule has 0 spiro atoms. The van der Waals surface area contributed by atoms with Gasteiger partial charge in [-0.25, -0.2) is 5.48 Å². The van der Waals surface area contributed by atoms with Crippen molar-refractivity contribution >= 4 is 5.91 Å². The van der Waals surface area contributed by atoms with Crippen molar-refractivity contribution in [3.8, 4) is 0 Å². The van der Waals surface area contributed by atoms with Gasteiger partial charge in [-0.2, -0.15) is 0 Å². The average molecular weight is 132 g/mol. The fourth-order valence-corrected chi connectivity index (χ4v) is 0.377. The van der Waals surface area contributed by atoms with Crippen molar-refractivity contribution in [3.63, 3.8) is 0 Å². The van der Waals surface area contributed by atoms with Crippen molar-refractivity contribution in [2.75, 3.05) is 0 Å². The second-order valence-corrected chi connectivity index (χ2v) is 2.25. The Bertz CT molecular complexity index is 103. The maximum absolute atomic E-state index is 10.5. The van der Waals surface area contributed by atoms with Crippen LogP contribution in [0.5, 0.6) is 0 Å². The van der Waals surface area contributed by atoms with Crippen LogP contribution in [-0.2, 0) is 4.79 Å². The summed E-state index contributed by atoms with van der Waals surface area (Å²) in [7, 11) is 0. The summed E-state index contributed by atoms with van der Waals surface area (Å²) in [6.45, 7) is 3.61. The third kappa shape index (κ3) is 2.43. The smallest absolute Gasteiger partial charge is 0.260 e. The maximum atomic E-state index is 10.5. The molecule has 0 aromatic heterocycles. The molecule has 0 bridgehead atoms. The Morgan fingerprint density at radius 1 is 1.67 bits per heavy atom. The van der Waals surface area contributed by atoms with E-state index in [2.05, 4.69) is 0 Å². The van der Waals surface area contributed by atoms with Crippen molar-refractivity contribution in [3.05, 3.63) is 0 Å². The van der Waals surface area contributed by atoms with Gasteiger partial charge < -0.3 is 5.73 Å². The lowest BCUT2D eigenvalue weighted by Crippen LogP contribution is -2.42. The van der Waals surface area contributed by atoms with Gasteiger partial charge in [-0.1, -0.05) is 13.8 Å². The summed E-state index contributed by atoms with van der Waals surface area (Å²) in [5, 5.41) is 8.07. The standard InChI is InChI=1S/C5H12N2O2/c1-3(2)4(6)5(8)7-9/h3-4,9H,6H2,1-2H3,(H,7,8)/t4-/m1/s1. The summed E-state index contributed by atoms with van der Waals surface area (Å²) in [4.78, 5) is 10.5. The van der Waals surface area contributed by atoms with E-state index in [0.717, 1.165) is 0 Å². The molecular formula is C5H12N2O2. The molecule has 0 aromatic rings. The molecule has 0 aliphatic rings. The number of carbonyl (C=O) groups excluding carboxylic acids is 1. The molecule has 0 fully saturated rings. The van der Waals surface area contributed by atoms with Gasteiger partial charge in [-0.3, -0.25) is 10.0 Å². The highest BCUT2D eigenvalue weighted by Gasteiger charge is 2.15. The number of amides is 1. The summed E-state index contributed by atoms with van der Waals surface area (Å²) >= 11 is 0. The Kier molecular flexibility index (Phi) is 3.19. The fraction of sp³-hybridized carbons (Fsp3) is 0.800. The zero-order valence-electron chi connectivity index (χ0n) is 5.59. The number of nitrogens with two attached hydrogens (primary N) is 1. The Balaban J connectivity index is 3.72. The first-order valence-electron chi connectivity index (χ1n) is 2.79. The summed E-state index contributed by atoms with van der Waals surface area (Å²) in [5.41, 5.74) is 6.78. The van der Waals surface area contributed by atoms with Crippen molar-refractivity contribution in [2.45, 2.75) is 19.9 Å². The fourth-order valence-electron chi connectivity index (χ4n) is 0.377. The maximum Gasteiger partial charge on any atom is 0.260 e. The Hall–Kier alpha value is -0.610. The minimum atomic E-state index is -0.616. The number of hydroxylamine groups is 1. The minimum absolute atomic E-state index is 0.0529. The van der Waals surface area contributed by atoms with Crippen LogP contribution in [0.1, 0.15) is 13.8 Å². The monoisotopic (exact) mass is 132 g/mol. The molecule has 0 aromatic carbocycles. The molecule has 0 rings (SSSR count). The van der Waals surface area contributed by atoms with Gasteiger partial charge in [0.25, 0.3) is 5.91 Å². The molecule has 0 radical (unpaired) electrons. The molecule has 0 heterocycles. The van der Waals surface area contributed by atoms with E-state index in [4.69, 9.17) is 10.9 Å². The van der Waals surface area contributed by atoms with Crippen molar-refractivity contribution in [1.29, 1.82) is 0 Å². The number of nitrogens with one attached hydrogen (secondary N) is 1. The van der Waals surface area contributed by atoms with Crippen LogP contribution in [0.3, 0.4) is 0 Å². The highest BCUT2D eigenvalue weighted by Crippen LogP contribution is 1.96. The van der Waals surface area contributed by atoms with Gasteiger partial charge in [-0.15, -0.1) is 0 Å². The van der Waals surface area contributed by atoms with Gasteiger partial charge >= 0.3 is 0 Å². The van der Waals surface area contributed by atoms with Crippen LogP contribution >= 0.6 is 0 Å². The van der Waals surface area contributed by atoms with Crippen LogP contribution in [0.2, 0.25) is 0 Å². The Morgan fingerprint density at radius 3 is 2.22 bits per heavy atom. The van der Waals surface area contributed by atoms with Crippen LogP contribution in [0.15, 0.2) is 0 Å². The molecule has 9 heavy (non-hydrogen) atoms. The normalized spacial score (nSPS) is 13.4. The van der Waals surface area contributed by atoms with Crippen LogP contribution in [0.4, 0.5) is 0 Å². The first-order valence-corrected chi connectivity index (χ1v) is 2.79. The molecule has 0 saturated heterocycles. The molecule has 4 nitrogen and oxygen atoms in total. The molecule has 1 amide bonds. The van der Waals surface area contributed by atoms with Crippen LogP contribution in [0.25, 0.3) is 0 Å². The van der Waals surface area contributed by atoms with E-state index in [1.807, 2.05) is 0 Å². The lowest BCUT2D eigenvalue weighted by atomic mass is 10.1. The van der Waals surface area contributed by atoms with Gasteiger partial charge in [-0.05, 0) is 5.92 Å². The third-order valence-corrected chi connectivity index (χ3v) is 1.13. The van der Waals surface area contributed by atoms with Gasteiger partial charge in [0.1, 0.15) is 0 Å². The van der Waals surface area contributed by atoms with E-state index in [1.165, 1.54) is 5.48 Å². The highest BCUT2D eigenvalue weighted by molar-refractivity contribution is 5.80. The van der Waals surface area contributed by atoms with Crippen molar-refractivity contribution < 1.29 is 10.0 Å². The minimum Gasteiger partial charge on any atom is -0.320 e. The predicted octanol–water partition coefficient (Wildman–Crippen LogP) is -0.525. The van der Waals surface area contributed by atoms with E-state index < -0.39 is 11.9 Å². The third-order valence-electron chi connectivity index (χ3n) is 1.13. The summed E-state index contributed by atoms with van der Waals surface area (Å²) in [6.07, 6.45) is 0. The predicted molar refractivity (Wildman–Crippen MR) is 32.7 cm³/mol. The average Bonchev–Trinajstić information content (AvgIpc) is 1.84. The molecule has 0 aliphatic heterocycles. The second-order valence-electron chi connectivity index (χ2n) is 2.25. The molecule has 0 saturated carbocycles. The molecule has 54 valence electrons. The van der Waals surface area contributed by atoms with E-state index in [0.29, 0.717) is 0 Å². The van der Waals surface area contributed by atoms with Gasteiger partial charge in [0.2, 0.25) is 0 Å². The van der Waals surface area contributed by atoms with E-state index >= 15 is 0 Å². The zero-order chi connectivity index (χ0) is 7.44. The van der Waals surface area contributed by atoms with Gasteiger partial charge in [0.15, 0.2) is 0 Å². The van der Waals surface area contributed by atoms with Gasteiger partial charge in [0.05, 0.1) is 6.04 Å². The number of rotatable bonds is 2. The van der Waals surface area contributed by atoms with E-state index in [-0.39, 0.29) is 5.92 Å². The van der Waals surface area contributed by atoms with E-state index in [9.17, 15) is 4.79 Å². The molecule has 0 unspecified atom stereocenters. The zero-order valence-corrected chi connectivity index (χ0v) is 5.59. The van der Waals surface area contributed by atoms with Crippen LogP contribution in [-0.4, -0.2) is 17.2 Å². The summed E-state index contributed by atoms with van der Waals surface area (Å²) in [6, 6.07) is -0.616. The highest BCUT2D eigenvalue weighted by atomic mass is 16.5. The molecular weight excluding hydrogens is 120 g/mol. The lowest BCUT2D eigenvalue weighted by Gasteiger charge is -2.11. The molecule has 4 N–H and O–H groups in total. The van der Waals surface area contributed by atoms with Crippen LogP contribution in [0, 0.1) is 5.92 Å². The molecule has 0 aliphatic carbocycles. The quantitative estimate of drug-likeness (QED) is 0.349. The van der Waals surface area contributed by atoms with E-state index in [1.54, 1.807) is 13.8 Å². The first-order chi connectivity index (χ1) is 4.09. The summed E-state index contributed by atoms with van der Waals surface area (Å²) in [5.74, 6) is -0.484. The molecule has 4 heteroatoms. The number of hydrogen-bond donors (Lipinski definition) is 3. The number of carbonyl (C=O) groups is 1. The molecule has 1 atom stereocenters. The lowest BCUT2D eigenvalue weighted by molar-refractivity contribution is -0.131. The second kappa shape index (κ2) is 3.42. The van der Waals surface area contributed by atoms with Crippen LogP contribution < -0.4 is 11.2 Å². The Labute approximate surface area is 54.0 Å². The topological polar surface area (TPSA) is 75.4 Å². The Morgan fingerprint density at radius 2 is 2.11 bits per heavy atom. The van der Waals surface area contributed by atoms with Gasteiger partial charge in [0, 0.05) is 0 Å². The van der Waals surface area contributed by atoms with Crippen molar-refractivity contribution in [2.24, 2.45) is 11.7 Å². The van der Waals surface area contributed by atoms with Crippen molar-refractivity contribution in [1.82, 2.24) is 5.48 Å². The SMILES string of the molecule is CC(C)[C@@H](N)C(=O)NO. The largest absolute Gasteiger partial charge is 0.320 e. The first kappa shape index (κ1) is 8.39. The number of hydrogen-bond acceptors (Lipinski definition) is 3. The summed E-state index contributed by atoms with van der Waals surface area (Å²) < 4.78 is 0.